The summed E-state index contributed by atoms with van der Waals surface area (Å²) < 4.78 is 4.93. The summed E-state index contributed by atoms with van der Waals surface area (Å²) in [6, 6.07) is 7.31. The van der Waals surface area contributed by atoms with Crippen molar-refractivity contribution in [2.75, 3.05) is 11.9 Å². The molecule has 7 nitrogen and oxygen atoms in total. The van der Waals surface area contributed by atoms with Crippen LogP contribution in [0.3, 0.4) is 0 Å². The van der Waals surface area contributed by atoms with E-state index in [-0.39, 0.29) is 32.5 Å². The second-order valence-electron chi connectivity index (χ2n) is 5.38. The Balaban J connectivity index is 2.07. The summed E-state index contributed by atoms with van der Waals surface area (Å²) in [5, 5.41) is 13.9. The Hall–Kier alpha value is -2.64. The maximum Gasteiger partial charge on any atom is 0.339 e. The molecule has 0 atom stereocenters. The Bertz CT molecular complexity index is 899. The molecule has 1 N–H and O–H groups in total. The molecule has 0 aliphatic carbocycles. The van der Waals surface area contributed by atoms with Gasteiger partial charge in [0.25, 0.3) is 11.6 Å². The molecule has 26 heavy (non-hydrogen) atoms. The van der Waals surface area contributed by atoms with Crippen molar-refractivity contribution in [2.45, 2.75) is 13.8 Å². The first-order valence-electron chi connectivity index (χ1n) is 7.38. The number of amides is 1. The molecule has 0 fully saturated rings. The molecule has 0 aliphatic rings. The highest BCUT2D eigenvalue weighted by Crippen LogP contribution is 2.32. The number of carbonyl (C=O) groups excluding carboxylic acids is 2. The number of hydrogen-bond acceptors (Lipinski definition) is 5. The number of rotatable bonds is 5. The quantitative estimate of drug-likeness (QED) is 0.461. The number of ether oxygens (including phenoxy) is 1. The van der Waals surface area contributed by atoms with Crippen molar-refractivity contribution in [3.05, 3.63) is 67.2 Å². The third kappa shape index (κ3) is 4.30. The number of nitro groups is 1. The van der Waals surface area contributed by atoms with Crippen LogP contribution in [-0.4, -0.2) is 23.4 Å². The minimum Gasteiger partial charge on any atom is -0.452 e. The van der Waals surface area contributed by atoms with E-state index in [1.54, 1.807) is 19.1 Å². The number of carbonyl (C=O) groups is 2. The Labute approximate surface area is 159 Å². The Morgan fingerprint density at radius 2 is 1.88 bits per heavy atom. The second kappa shape index (κ2) is 8.16. The number of benzene rings is 2. The van der Waals surface area contributed by atoms with Crippen LogP contribution in [0.5, 0.6) is 0 Å². The molecular weight excluding hydrogens is 383 g/mol. The summed E-state index contributed by atoms with van der Waals surface area (Å²) in [5.41, 5.74) is 0.907. The molecule has 2 aromatic rings. The van der Waals surface area contributed by atoms with E-state index >= 15 is 0 Å². The van der Waals surface area contributed by atoms with E-state index < -0.39 is 23.4 Å². The summed E-state index contributed by atoms with van der Waals surface area (Å²) in [5.74, 6) is -1.49. The molecule has 0 bridgehead atoms. The zero-order valence-corrected chi connectivity index (χ0v) is 15.4. The van der Waals surface area contributed by atoms with Crippen LogP contribution < -0.4 is 5.32 Å². The Morgan fingerprint density at radius 1 is 1.19 bits per heavy atom. The van der Waals surface area contributed by atoms with E-state index in [4.69, 9.17) is 27.9 Å². The van der Waals surface area contributed by atoms with Crippen molar-refractivity contribution >= 4 is 46.5 Å². The SMILES string of the molecule is Cc1ccc(Cl)c(NC(=O)COC(=O)c2cccc([N+](=O)[O-])c2C)c1Cl. The van der Waals surface area contributed by atoms with Crippen LogP contribution >= 0.6 is 23.2 Å². The van der Waals surface area contributed by atoms with E-state index in [1.807, 2.05) is 0 Å². The van der Waals surface area contributed by atoms with Crippen LogP contribution in [0.25, 0.3) is 0 Å². The average molecular weight is 397 g/mol. The van der Waals surface area contributed by atoms with E-state index in [0.29, 0.717) is 0 Å². The summed E-state index contributed by atoms with van der Waals surface area (Å²) in [6.07, 6.45) is 0. The van der Waals surface area contributed by atoms with Gasteiger partial charge in [0.1, 0.15) is 0 Å². The molecule has 9 heteroatoms. The minimum atomic E-state index is -0.845. The minimum absolute atomic E-state index is 0.0126. The molecule has 0 radical (unpaired) electrons. The zero-order valence-electron chi connectivity index (χ0n) is 13.8. The van der Waals surface area contributed by atoms with Gasteiger partial charge < -0.3 is 10.1 Å². The fraction of sp³-hybridized carbons (Fsp3) is 0.176. The number of aryl methyl sites for hydroxylation is 1. The summed E-state index contributed by atoms with van der Waals surface area (Å²) in [7, 11) is 0. The molecule has 0 aromatic heterocycles. The predicted octanol–water partition coefficient (Wildman–Crippen LogP) is 4.31. The Kier molecular flexibility index (Phi) is 6.18. The number of nitro benzene ring substituents is 1. The van der Waals surface area contributed by atoms with Gasteiger partial charge in [-0.2, -0.15) is 0 Å². The lowest BCUT2D eigenvalue weighted by atomic mass is 10.1. The van der Waals surface area contributed by atoms with Crippen molar-refractivity contribution in [2.24, 2.45) is 0 Å². The first kappa shape index (κ1) is 19.7. The van der Waals surface area contributed by atoms with Gasteiger partial charge in [-0.3, -0.25) is 14.9 Å². The van der Waals surface area contributed by atoms with E-state index in [9.17, 15) is 19.7 Å². The number of nitrogens with one attached hydrogen (secondary N) is 1. The predicted molar refractivity (Wildman–Crippen MR) is 97.9 cm³/mol. The van der Waals surface area contributed by atoms with Gasteiger partial charge in [-0.1, -0.05) is 35.3 Å². The number of nitrogens with zero attached hydrogens (tertiary/aromatic N) is 1. The van der Waals surface area contributed by atoms with E-state index in [0.717, 1.165) is 5.56 Å². The van der Waals surface area contributed by atoms with Crippen molar-refractivity contribution in [1.82, 2.24) is 0 Å². The van der Waals surface area contributed by atoms with Crippen LogP contribution in [0.2, 0.25) is 10.0 Å². The highest BCUT2D eigenvalue weighted by molar-refractivity contribution is 6.40. The third-order valence-electron chi connectivity index (χ3n) is 3.60. The highest BCUT2D eigenvalue weighted by atomic mass is 35.5. The van der Waals surface area contributed by atoms with Crippen LogP contribution in [-0.2, 0) is 9.53 Å². The van der Waals surface area contributed by atoms with Gasteiger partial charge in [-0.05, 0) is 31.5 Å². The molecule has 2 rings (SSSR count). The lowest BCUT2D eigenvalue weighted by Gasteiger charge is -2.11. The van der Waals surface area contributed by atoms with Crippen molar-refractivity contribution in [1.29, 1.82) is 0 Å². The van der Waals surface area contributed by atoms with Gasteiger partial charge in [0.05, 0.1) is 26.2 Å². The molecule has 0 unspecified atom stereocenters. The van der Waals surface area contributed by atoms with E-state index in [2.05, 4.69) is 5.32 Å². The Morgan fingerprint density at radius 3 is 2.54 bits per heavy atom. The summed E-state index contributed by atoms with van der Waals surface area (Å²) in [6.45, 7) is 2.59. The lowest BCUT2D eigenvalue weighted by molar-refractivity contribution is -0.385. The maximum absolute atomic E-state index is 12.1. The fourth-order valence-corrected chi connectivity index (χ4v) is 2.66. The summed E-state index contributed by atoms with van der Waals surface area (Å²) in [4.78, 5) is 34.4. The van der Waals surface area contributed by atoms with Crippen molar-refractivity contribution in [3.63, 3.8) is 0 Å². The first-order chi connectivity index (χ1) is 12.2. The van der Waals surface area contributed by atoms with Gasteiger partial charge in [0, 0.05) is 11.6 Å². The molecule has 0 aliphatic heterocycles. The first-order valence-corrected chi connectivity index (χ1v) is 8.13. The number of halogens is 2. The molecule has 1 amide bonds. The zero-order chi connectivity index (χ0) is 19.4. The van der Waals surface area contributed by atoms with Crippen LogP contribution in [0.4, 0.5) is 11.4 Å². The van der Waals surface area contributed by atoms with Gasteiger partial charge in [-0.25, -0.2) is 4.79 Å². The largest absolute Gasteiger partial charge is 0.452 e. The van der Waals surface area contributed by atoms with Gasteiger partial charge in [-0.15, -0.1) is 0 Å². The topological polar surface area (TPSA) is 98.5 Å². The van der Waals surface area contributed by atoms with Crippen LogP contribution in [0.1, 0.15) is 21.5 Å². The van der Waals surface area contributed by atoms with Crippen molar-refractivity contribution < 1.29 is 19.2 Å². The maximum atomic E-state index is 12.1. The van der Waals surface area contributed by atoms with Gasteiger partial charge >= 0.3 is 5.97 Å². The molecule has 2 aromatic carbocycles. The molecule has 0 saturated heterocycles. The number of anilines is 1. The molecule has 0 saturated carbocycles. The summed E-state index contributed by atoms with van der Waals surface area (Å²) >= 11 is 12.1. The molecular formula is C17H14Cl2N2O5. The van der Waals surface area contributed by atoms with E-state index in [1.165, 1.54) is 25.1 Å². The lowest BCUT2D eigenvalue weighted by Crippen LogP contribution is -2.21. The molecule has 0 heterocycles. The van der Waals surface area contributed by atoms with Gasteiger partial charge in [0.2, 0.25) is 0 Å². The third-order valence-corrected chi connectivity index (χ3v) is 4.41. The smallest absolute Gasteiger partial charge is 0.339 e. The van der Waals surface area contributed by atoms with Crippen LogP contribution in [0, 0.1) is 24.0 Å². The second-order valence-corrected chi connectivity index (χ2v) is 6.17. The fourth-order valence-electron chi connectivity index (χ4n) is 2.20. The number of esters is 1. The monoisotopic (exact) mass is 396 g/mol. The number of hydrogen-bond donors (Lipinski definition) is 1. The van der Waals surface area contributed by atoms with Crippen LogP contribution in [0.15, 0.2) is 30.3 Å². The van der Waals surface area contributed by atoms with Gasteiger partial charge in [0.15, 0.2) is 6.61 Å². The highest BCUT2D eigenvalue weighted by Gasteiger charge is 2.20. The molecule has 0 spiro atoms. The standard InChI is InChI=1S/C17H14Cl2N2O5/c1-9-6-7-12(18)16(15(9)19)20-14(22)8-26-17(23)11-4-3-5-13(10(11)2)21(24)25/h3-7H,8H2,1-2H3,(H,20,22). The molecule has 136 valence electrons. The normalized spacial score (nSPS) is 10.3. The van der Waals surface area contributed by atoms with Crippen molar-refractivity contribution in [3.8, 4) is 0 Å². The average Bonchev–Trinajstić information content (AvgIpc) is 2.60.